The minimum Gasteiger partial charge on any atom is -0.489 e. The van der Waals surface area contributed by atoms with Gasteiger partial charge in [-0.25, -0.2) is 4.39 Å². The highest BCUT2D eigenvalue weighted by Gasteiger charge is 2.16. The van der Waals surface area contributed by atoms with Gasteiger partial charge in [0.05, 0.1) is 13.1 Å². The minimum atomic E-state index is -0.382. The Balaban J connectivity index is 0.00000242. The van der Waals surface area contributed by atoms with Crippen LogP contribution in [0.25, 0.3) is 0 Å². The van der Waals surface area contributed by atoms with Crippen LogP contribution >= 0.6 is 24.8 Å². The monoisotopic (exact) mass is 367 g/mol. The van der Waals surface area contributed by atoms with Gasteiger partial charge in [-0.05, 0) is 12.1 Å². The van der Waals surface area contributed by atoms with E-state index >= 15 is 0 Å². The van der Waals surface area contributed by atoms with Crippen LogP contribution in [-0.2, 0) is 4.79 Å². The number of nitrogens with zero attached hydrogens (tertiary/aromatic N) is 2. The molecule has 1 aliphatic rings. The molecule has 0 bridgehead atoms. The number of rotatable bonds is 6. The maximum atomic E-state index is 13.4. The van der Waals surface area contributed by atoms with Crippen LogP contribution in [-0.4, -0.2) is 68.6 Å². The van der Waals surface area contributed by atoms with Gasteiger partial charge in [-0.2, -0.15) is 0 Å². The van der Waals surface area contributed by atoms with Gasteiger partial charge in [0.2, 0.25) is 5.91 Å². The first-order valence-corrected chi connectivity index (χ1v) is 7.21. The summed E-state index contributed by atoms with van der Waals surface area (Å²) in [5, 5.41) is 3.25. The van der Waals surface area contributed by atoms with E-state index in [4.69, 9.17) is 4.74 Å². The number of carbonyl (C=O) groups is 1. The summed E-state index contributed by atoms with van der Waals surface area (Å²) in [6, 6.07) is 6.27. The second kappa shape index (κ2) is 11.5. The third-order valence-corrected chi connectivity index (χ3v) is 3.52. The van der Waals surface area contributed by atoms with Crippen LogP contribution in [0, 0.1) is 5.82 Å². The van der Waals surface area contributed by atoms with Crippen LogP contribution in [0.2, 0.25) is 0 Å². The highest BCUT2D eigenvalue weighted by molar-refractivity contribution is 5.85. The molecule has 0 saturated carbocycles. The second-order valence-corrected chi connectivity index (χ2v) is 5.12. The molecule has 5 nitrogen and oxygen atoms in total. The minimum absolute atomic E-state index is 0. The van der Waals surface area contributed by atoms with Crippen molar-refractivity contribution in [1.82, 2.24) is 15.1 Å². The summed E-state index contributed by atoms with van der Waals surface area (Å²) in [5.74, 6) is -0.0956. The van der Waals surface area contributed by atoms with Crippen LogP contribution in [0.15, 0.2) is 24.3 Å². The molecule has 0 aliphatic carbocycles. The first-order chi connectivity index (χ1) is 10.2. The van der Waals surface area contributed by atoms with Crippen molar-refractivity contribution in [2.75, 3.05) is 52.9 Å². The Morgan fingerprint density at radius 3 is 2.61 bits per heavy atom. The van der Waals surface area contributed by atoms with E-state index in [1.54, 1.807) is 30.1 Å². The molecule has 132 valence electrons. The second-order valence-electron chi connectivity index (χ2n) is 5.12. The van der Waals surface area contributed by atoms with Gasteiger partial charge in [0.25, 0.3) is 0 Å². The lowest BCUT2D eigenvalue weighted by Gasteiger charge is -2.28. The molecule has 0 radical (unpaired) electrons. The number of hydrogen-bond donors (Lipinski definition) is 1. The topological polar surface area (TPSA) is 44.8 Å². The number of carbonyl (C=O) groups excluding carboxylic acids is 1. The van der Waals surface area contributed by atoms with Crippen LogP contribution in [0.3, 0.4) is 0 Å². The molecule has 1 fully saturated rings. The predicted molar refractivity (Wildman–Crippen MR) is 93.3 cm³/mol. The molecule has 1 aromatic carbocycles. The number of likely N-dealkylation sites (N-methyl/N-ethyl adjacent to an activating group) is 1. The molecule has 8 heteroatoms. The van der Waals surface area contributed by atoms with Crippen molar-refractivity contribution < 1.29 is 13.9 Å². The molecule has 0 spiro atoms. The summed E-state index contributed by atoms with van der Waals surface area (Å²) in [6.07, 6.45) is 0. The van der Waals surface area contributed by atoms with E-state index in [0.717, 1.165) is 26.2 Å². The molecule has 1 aromatic rings. The first kappa shape index (κ1) is 21.9. The summed E-state index contributed by atoms with van der Waals surface area (Å²) >= 11 is 0. The molecule has 23 heavy (non-hydrogen) atoms. The van der Waals surface area contributed by atoms with E-state index in [2.05, 4.69) is 10.2 Å². The highest BCUT2D eigenvalue weighted by Crippen LogP contribution is 2.14. The Labute approximate surface area is 149 Å². The fourth-order valence-corrected chi connectivity index (χ4v) is 2.16. The fourth-order valence-electron chi connectivity index (χ4n) is 2.16. The van der Waals surface area contributed by atoms with Crippen LogP contribution in [0.4, 0.5) is 4.39 Å². The molecule has 1 saturated heterocycles. The summed E-state index contributed by atoms with van der Waals surface area (Å²) in [6.45, 7) is 4.79. The molecule has 2 rings (SSSR count). The molecule has 1 heterocycles. The normalized spacial score (nSPS) is 14.3. The van der Waals surface area contributed by atoms with Gasteiger partial charge in [-0.15, -0.1) is 24.8 Å². The smallest absolute Gasteiger partial charge is 0.236 e. The Morgan fingerprint density at radius 1 is 1.30 bits per heavy atom. The molecule has 0 unspecified atom stereocenters. The molecule has 0 atom stereocenters. The summed E-state index contributed by atoms with van der Waals surface area (Å²) in [7, 11) is 1.75. The SMILES string of the molecule is CN(CCOc1ccccc1F)C(=O)CN1CCNCC1.Cl.Cl. The highest BCUT2D eigenvalue weighted by atomic mass is 35.5. The van der Waals surface area contributed by atoms with Gasteiger partial charge in [0, 0.05) is 33.2 Å². The van der Waals surface area contributed by atoms with E-state index in [1.807, 2.05) is 0 Å². The van der Waals surface area contributed by atoms with E-state index in [9.17, 15) is 9.18 Å². The van der Waals surface area contributed by atoms with Gasteiger partial charge >= 0.3 is 0 Å². The Hall–Kier alpha value is -1.08. The molecule has 1 aliphatic heterocycles. The Kier molecular flexibility index (Phi) is 10.9. The van der Waals surface area contributed by atoms with Crippen LogP contribution < -0.4 is 10.1 Å². The molecular weight excluding hydrogens is 344 g/mol. The lowest BCUT2D eigenvalue weighted by Crippen LogP contribution is -2.48. The van der Waals surface area contributed by atoms with Crippen molar-refractivity contribution in [2.45, 2.75) is 0 Å². The van der Waals surface area contributed by atoms with Crippen molar-refractivity contribution in [3.63, 3.8) is 0 Å². The molecule has 1 amide bonds. The Bertz CT molecular complexity index is 474. The van der Waals surface area contributed by atoms with E-state index in [0.29, 0.717) is 13.1 Å². The van der Waals surface area contributed by atoms with Crippen molar-refractivity contribution in [1.29, 1.82) is 0 Å². The number of ether oxygens (including phenoxy) is 1. The maximum absolute atomic E-state index is 13.4. The number of halogens is 3. The van der Waals surface area contributed by atoms with Gasteiger partial charge in [-0.1, -0.05) is 12.1 Å². The average Bonchev–Trinajstić information content (AvgIpc) is 2.50. The summed E-state index contributed by atoms with van der Waals surface area (Å²) in [4.78, 5) is 15.8. The van der Waals surface area contributed by atoms with Gasteiger partial charge in [-0.3, -0.25) is 9.69 Å². The summed E-state index contributed by atoms with van der Waals surface area (Å²) < 4.78 is 18.7. The number of hydrogen-bond acceptors (Lipinski definition) is 4. The standard InChI is InChI=1S/C15H22FN3O2.2ClH/c1-18(15(20)12-19-8-6-17-7-9-19)10-11-21-14-5-3-2-4-13(14)16;;/h2-5,17H,6-12H2,1H3;2*1H. The van der Waals surface area contributed by atoms with Crippen molar-refractivity contribution in [3.8, 4) is 5.75 Å². The lowest BCUT2D eigenvalue weighted by molar-refractivity contribution is -0.131. The number of piperazine rings is 1. The van der Waals surface area contributed by atoms with E-state index < -0.39 is 0 Å². The van der Waals surface area contributed by atoms with Crippen molar-refractivity contribution in [3.05, 3.63) is 30.1 Å². The van der Waals surface area contributed by atoms with Crippen LogP contribution in [0.5, 0.6) is 5.75 Å². The average molecular weight is 368 g/mol. The third kappa shape index (κ3) is 7.35. The van der Waals surface area contributed by atoms with Gasteiger partial charge < -0.3 is 15.0 Å². The van der Waals surface area contributed by atoms with Crippen LogP contribution in [0.1, 0.15) is 0 Å². The zero-order valence-electron chi connectivity index (χ0n) is 13.2. The molecule has 1 N–H and O–H groups in total. The van der Waals surface area contributed by atoms with Crippen molar-refractivity contribution in [2.24, 2.45) is 0 Å². The maximum Gasteiger partial charge on any atom is 0.236 e. The molecule has 0 aromatic heterocycles. The number of benzene rings is 1. The summed E-state index contributed by atoms with van der Waals surface area (Å²) in [5.41, 5.74) is 0. The first-order valence-electron chi connectivity index (χ1n) is 7.21. The molecular formula is C15H24Cl2FN3O2. The largest absolute Gasteiger partial charge is 0.489 e. The number of para-hydroxylation sites is 1. The number of amides is 1. The van der Waals surface area contributed by atoms with Crippen molar-refractivity contribution >= 4 is 30.7 Å². The lowest BCUT2D eigenvalue weighted by atomic mass is 10.3. The third-order valence-electron chi connectivity index (χ3n) is 3.52. The quantitative estimate of drug-likeness (QED) is 0.825. The number of nitrogens with one attached hydrogen (secondary N) is 1. The van der Waals surface area contributed by atoms with Gasteiger partial charge in [0.1, 0.15) is 6.61 Å². The van der Waals surface area contributed by atoms with E-state index in [1.165, 1.54) is 6.07 Å². The zero-order valence-corrected chi connectivity index (χ0v) is 14.8. The van der Waals surface area contributed by atoms with Gasteiger partial charge in [0.15, 0.2) is 11.6 Å². The van der Waals surface area contributed by atoms with E-state index in [-0.39, 0.29) is 48.9 Å². The Morgan fingerprint density at radius 2 is 1.96 bits per heavy atom. The predicted octanol–water partition coefficient (Wildman–Crippen LogP) is 1.41. The zero-order chi connectivity index (χ0) is 15.1. The fraction of sp³-hybridized carbons (Fsp3) is 0.533.